The number of para-hydroxylation sites is 2. The van der Waals surface area contributed by atoms with E-state index in [0.29, 0.717) is 0 Å². The summed E-state index contributed by atoms with van der Waals surface area (Å²) in [5.41, 5.74) is 5.44. The van der Waals surface area contributed by atoms with Gasteiger partial charge in [-0.05, 0) is 0 Å². The van der Waals surface area contributed by atoms with Crippen molar-refractivity contribution >= 4 is 62.8 Å². The van der Waals surface area contributed by atoms with Gasteiger partial charge in [-0.15, -0.1) is 0 Å². The summed E-state index contributed by atoms with van der Waals surface area (Å²) in [6.45, 7) is 2.25. The molecule has 22 heavy (non-hydrogen) atoms. The Hall–Kier alpha value is -1.02. The summed E-state index contributed by atoms with van der Waals surface area (Å²) < 4.78 is 5.07. The first-order chi connectivity index (χ1) is 10.7. The van der Waals surface area contributed by atoms with Crippen LogP contribution in [0.15, 0.2) is 60.7 Å². The van der Waals surface area contributed by atoms with Gasteiger partial charge in [-0.3, -0.25) is 0 Å². The number of hydrogen-bond acceptors (Lipinski definition) is 2. The van der Waals surface area contributed by atoms with Gasteiger partial charge in [-0.1, -0.05) is 0 Å². The summed E-state index contributed by atoms with van der Waals surface area (Å²) in [5.74, 6) is 0. The van der Waals surface area contributed by atoms with Gasteiger partial charge in [-0.2, -0.15) is 0 Å². The number of anilines is 3. The molecule has 1 aliphatic rings. The first-order valence-electron chi connectivity index (χ1n) is 7.16. The van der Waals surface area contributed by atoms with E-state index in [0.717, 1.165) is 0 Å². The van der Waals surface area contributed by atoms with Crippen molar-refractivity contribution < 1.29 is 0 Å². The van der Waals surface area contributed by atoms with Crippen LogP contribution in [0.25, 0.3) is 10.8 Å². The van der Waals surface area contributed by atoms with Gasteiger partial charge in [0.05, 0.1) is 0 Å². The van der Waals surface area contributed by atoms with Gasteiger partial charge >= 0.3 is 149 Å². The third kappa shape index (κ3) is 2.11. The number of nitrogens with zero attached hydrogens (tertiary/aromatic N) is 2. The predicted octanol–water partition coefficient (Wildman–Crippen LogP) is 6.42. The van der Waals surface area contributed by atoms with Crippen molar-refractivity contribution in [1.29, 1.82) is 0 Å². The second-order valence-corrected chi connectivity index (χ2v) is 13.8. The Morgan fingerprint density at radius 1 is 0.818 bits per heavy atom. The van der Waals surface area contributed by atoms with Crippen molar-refractivity contribution in [3.8, 4) is 0 Å². The molecule has 2 nitrogen and oxygen atoms in total. The van der Waals surface area contributed by atoms with Gasteiger partial charge in [0.1, 0.15) is 0 Å². The fourth-order valence-electron chi connectivity index (χ4n) is 2.99. The number of hydrogen-bond donors (Lipinski definition) is 0. The molecule has 0 spiro atoms. The average molecular weight is 514 g/mol. The first kappa shape index (κ1) is 14.6. The SMILES string of the molecule is Cc1c(N2c3ccccc3N(C)I2I)ccc2ccccc12. The molecule has 0 saturated heterocycles. The molecular weight excluding hydrogens is 498 g/mol. The van der Waals surface area contributed by atoms with Crippen LogP contribution in [0.2, 0.25) is 0 Å². The minimum absolute atomic E-state index is 1.32. The van der Waals surface area contributed by atoms with Crippen LogP contribution in [0.4, 0.5) is 17.1 Å². The van der Waals surface area contributed by atoms with E-state index >= 15 is 0 Å². The van der Waals surface area contributed by atoms with Gasteiger partial charge in [0.15, 0.2) is 0 Å². The Bertz CT molecular complexity index is 863. The number of aryl methyl sites for hydroxylation is 1. The maximum atomic E-state index is 2.67. The van der Waals surface area contributed by atoms with Gasteiger partial charge in [0.2, 0.25) is 0 Å². The Labute approximate surface area is 148 Å². The maximum absolute atomic E-state index is 2.67. The molecule has 0 bridgehead atoms. The van der Waals surface area contributed by atoms with E-state index in [4.69, 9.17) is 0 Å². The molecule has 4 heteroatoms. The second-order valence-electron chi connectivity index (χ2n) is 5.38. The molecule has 4 rings (SSSR count). The summed E-state index contributed by atoms with van der Waals surface area (Å²) >= 11 is 1.23. The number of rotatable bonds is 1. The summed E-state index contributed by atoms with van der Waals surface area (Å²) in [4.78, 5) is 0. The molecular formula is C18H16I2N2. The summed E-state index contributed by atoms with van der Waals surface area (Å²) in [6, 6.07) is 21.9. The van der Waals surface area contributed by atoms with E-state index < -0.39 is 16.4 Å². The van der Waals surface area contributed by atoms with Crippen molar-refractivity contribution in [3.05, 3.63) is 66.2 Å². The molecule has 0 amide bonds. The molecule has 0 N–H and O–H groups in total. The molecule has 0 aromatic heterocycles. The van der Waals surface area contributed by atoms with Gasteiger partial charge in [0.25, 0.3) is 0 Å². The molecule has 0 radical (unpaired) electrons. The molecule has 3 aromatic carbocycles. The van der Waals surface area contributed by atoms with Crippen LogP contribution in [0.3, 0.4) is 0 Å². The molecule has 0 unspecified atom stereocenters. The summed E-state index contributed by atoms with van der Waals surface area (Å²) in [5, 5.41) is 2.67. The van der Waals surface area contributed by atoms with Crippen molar-refractivity contribution in [2.75, 3.05) is 13.3 Å². The topological polar surface area (TPSA) is 6.48 Å². The van der Waals surface area contributed by atoms with Crippen molar-refractivity contribution in [1.82, 2.24) is 0 Å². The van der Waals surface area contributed by atoms with E-state index in [2.05, 4.69) is 99.5 Å². The third-order valence-electron chi connectivity index (χ3n) is 4.16. The first-order valence-corrected chi connectivity index (χ1v) is 15.4. The fourth-order valence-corrected chi connectivity index (χ4v) is 10.2. The number of benzene rings is 3. The average Bonchev–Trinajstić information content (AvgIpc) is 2.81. The zero-order chi connectivity index (χ0) is 15.3. The van der Waals surface area contributed by atoms with Crippen LogP contribution in [-0.4, -0.2) is 7.05 Å². The van der Waals surface area contributed by atoms with Crippen LogP contribution < -0.4 is 6.23 Å². The van der Waals surface area contributed by atoms with Crippen molar-refractivity contribution in [3.63, 3.8) is 0 Å². The van der Waals surface area contributed by atoms with E-state index in [1.54, 1.807) is 0 Å². The van der Waals surface area contributed by atoms with Crippen LogP contribution >= 0.6 is 35.0 Å². The van der Waals surface area contributed by atoms with E-state index in [9.17, 15) is 0 Å². The Kier molecular flexibility index (Phi) is 3.68. The van der Waals surface area contributed by atoms with Crippen LogP contribution in [-0.2, 0) is 0 Å². The number of fused-ring (bicyclic) bond motifs is 2. The van der Waals surface area contributed by atoms with Crippen molar-refractivity contribution in [2.45, 2.75) is 6.92 Å². The molecule has 1 heterocycles. The number of halogens is 2. The Balaban J connectivity index is 1.94. The normalized spacial score (nSPS) is 15.5. The van der Waals surface area contributed by atoms with E-state index in [1.165, 1.54) is 33.4 Å². The van der Waals surface area contributed by atoms with Gasteiger partial charge in [-0.25, -0.2) is 0 Å². The standard InChI is InChI=1S/C18H16I2N2/c1-13-15-8-4-3-7-14(15)11-12-16(13)22-18-10-6-5-9-17(18)21(2)20(22)19/h3-12H,1-2H3. The monoisotopic (exact) mass is 514 g/mol. The van der Waals surface area contributed by atoms with Crippen LogP contribution in [0.5, 0.6) is 0 Å². The molecule has 0 fully saturated rings. The predicted molar refractivity (Wildman–Crippen MR) is 114 cm³/mol. The Morgan fingerprint density at radius 3 is 2.32 bits per heavy atom. The fraction of sp³-hybridized carbons (Fsp3) is 0.111. The van der Waals surface area contributed by atoms with Crippen LogP contribution in [0.1, 0.15) is 5.56 Å². The zero-order valence-electron chi connectivity index (χ0n) is 12.4. The van der Waals surface area contributed by atoms with E-state index in [-0.39, 0.29) is 0 Å². The molecule has 0 saturated carbocycles. The van der Waals surface area contributed by atoms with Crippen molar-refractivity contribution in [2.24, 2.45) is 0 Å². The minimum atomic E-state index is -1.44. The second kappa shape index (κ2) is 5.56. The van der Waals surface area contributed by atoms with Crippen LogP contribution in [0, 0.1) is 6.92 Å². The Morgan fingerprint density at radius 2 is 1.50 bits per heavy atom. The molecule has 0 aliphatic carbocycles. The molecule has 3 aromatic rings. The molecule has 1 aliphatic heterocycles. The molecule has 0 atom stereocenters. The summed E-state index contributed by atoms with van der Waals surface area (Å²) in [7, 11) is 2.23. The van der Waals surface area contributed by atoms with E-state index in [1.807, 2.05) is 0 Å². The van der Waals surface area contributed by atoms with Gasteiger partial charge in [0, 0.05) is 0 Å². The summed E-state index contributed by atoms with van der Waals surface area (Å²) in [6.07, 6.45) is 0. The molecule has 112 valence electrons. The third-order valence-corrected chi connectivity index (χ3v) is 13.8. The zero-order valence-corrected chi connectivity index (χ0v) is 16.7. The van der Waals surface area contributed by atoms with Gasteiger partial charge < -0.3 is 0 Å². The quantitative estimate of drug-likeness (QED) is 0.273.